The molecule has 0 atom stereocenters. The van der Waals surface area contributed by atoms with Crippen molar-refractivity contribution in [1.29, 1.82) is 0 Å². The van der Waals surface area contributed by atoms with Crippen LogP contribution in [-0.2, 0) is 19.3 Å². The van der Waals surface area contributed by atoms with Gasteiger partial charge in [-0.3, -0.25) is 9.78 Å². The number of thiazole rings is 1. The highest BCUT2D eigenvalue weighted by Crippen LogP contribution is 2.19. The van der Waals surface area contributed by atoms with E-state index < -0.39 is 0 Å². The molecule has 0 radical (unpaired) electrons. The van der Waals surface area contributed by atoms with Crippen molar-refractivity contribution in [3.63, 3.8) is 0 Å². The molecule has 0 fully saturated rings. The van der Waals surface area contributed by atoms with Crippen LogP contribution in [0.15, 0.2) is 48.8 Å². The van der Waals surface area contributed by atoms with E-state index in [2.05, 4.69) is 15.3 Å². The summed E-state index contributed by atoms with van der Waals surface area (Å²) in [5, 5.41) is 3.88. The van der Waals surface area contributed by atoms with Crippen LogP contribution in [0.1, 0.15) is 31.5 Å². The zero-order valence-electron chi connectivity index (χ0n) is 14.5. The number of carbonyl (C=O) groups excluding carboxylic acids is 1. The topological polar surface area (TPSA) is 54.9 Å². The maximum Gasteiger partial charge on any atom is 0.263 e. The van der Waals surface area contributed by atoms with Gasteiger partial charge in [0.2, 0.25) is 0 Å². The second kappa shape index (κ2) is 8.67. The van der Waals surface area contributed by atoms with Crippen molar-refractivity contribution in [2.45, 2.75) is 26.2 Å². The van der Waals surface area contributed by atoms with Gasteiger partial charge in [0, 0.05) is 25.4 Å². The molecule has 0 aliphatic rings. The number of carbonyl (C=O) groups is 1. The number of hydrogen-bond donors (Lipinski definition) is 1. The summed E-state index contributed by atoms with van der Waals surface area (Å²) in [4.78, 5) is 21.6. The number of pyridine rings is 1. The summed E-state index contributed by atoms with van der Waals surface area (Å²) in [7, 11) is 0. The maximum atomic E-state index is 12.9. The van der Waals surface area contributed by atoms with Gasteiger partial charge < -0.3 is 5.32 Å². The first-order valence-corrected chi connectivity index (χ1v) is 9.31. The van der Waals surface area contributed by atoms with Gasteiger partial charge in [-0.05, 0) is 55.2 Å². The number of amides is 1. The molecule has 1 aromatic carbocycles. The van der Waals surface area contributed by atoms with Crippen molar-refractivity contribution in [3.05, 3.63) is 81.3 Å². The Bertz CT molecular complexity index is 863. The predicted molar refractivity (Wildman–Crippen MR) is 101 cm³/mol. The molecule has 0 aliphatic carbocycles. The Hall–Kier alpha value is -2.60. The van der Waals surface area contributed by atoms with Crippen molar-refractivity contribution >= 4 is 17.2 Å². The molecule has 0 bridgehead atoms. The first-order chi connectivity index (χ1) is 12.6. The van der Waals surface area contributed by atoms with Crippen LogP contribution < -0.4 is 5.32 Å². The summed E-state index contributed by atoms with van der Waals surface area (Å²) in [5.74, 6) is -0.352. The van der Waals surface area contributed by atoms with Gasteiger partial charge in [0.1, 0.15) is 10.7 Å². The summed E-state index contributed by atoms with van der Waals surface area (Å²) >= 11 is 1.45. The van der Waals surface area contributed by atoms with E-state index in [9.17, 15) is 9.18 Å². The molecule has 26 heavy (non-hydrogen) atoms. The fourth-order valence-corrected chi connectivity index (χ4v) is 3.60. The molecule has 1 amide bonds. The molecule has 3 aromatic rings. The largest absolute Gasteiger partial charge is 0.351 e. The van der Waals surface area contributed by atoms with Gasteiger partial charge in [-0.15, -0.1) is 11.3 Å². The van der Waals surface area contributed by atoms with Crippen molar-refractivity contribution in [2.24, 2.45) is 0 Å². The number of rotatable bonds is 7. The standard InChI is InChI=1S/C20H20FN3OS/c1-14-19(20(25)23-13-10-15-2-5-17(21)6-3-15)26-18(24-14)7-4-16-8-11-22-12-9-16/h2-3,5-6,8-9,11-12H,4,7,10,13H2,1H3,(H,23,25). The van der Waals surface area contributed by atoms with Crippen LogP contribution in [0.25, 0.3) is 0 Å². The second-order valence-electron chi connectivity index (χ2n) is 6.01. The van der Waals surface area contributed by atoms with E-state index in [1.165, 1.54) is 29.0 Å². The average molecular weight is 369 g/mol. The molecular formula is C20H20FN3OS. The van der Waals surface area contributed by atoms with Crippen LogP contribution in [0.4, 0.5) is 4.39 Å². The number of aromatic nitrogens is 2. The summed E-state index contributed by atoms with van der Waals surface area (Å²) < 4.78 is 12.9. The van der Waals surface area contributed by atoms with Crippen LogP contribution in [-0.4, -0.2) is 22.4 Å². The number of nitrogens with zero attached hydrogens (tertiary/aromatic N) is 2. The quantitative estimate of drug-likeness (QED) is 0.690. The van der Waals surface area contributed by atoms with Gasteiger partial charge in [0.05, 0.1) is 10.7 Å². The number of hydrogen-bond acceptors (Lipinski definition) is 4. The van der Waals surface area contributed by atoms with E-state index in [0.29, 0.717) is 17.8 Å². The fraction of sp³-hybridized carbons (Fsp3) is 0.250. The molecule has 0 unspecified atom stereocenters. The fourth-order valence-electron chi connectivity index (χ4n) is 2.62. The third-order valence-corrected chi connectivity index (χ3v) is 5.25. The predicted octanol–water partition coefficient (Wildman–Crippen LogP) is 3.74. The second-order valence-corrected chi connectivity index (χ2v) is 7.09. The molecule has 0 saturated carbocycles. The number of halogens is 1. The molecule has 6 heteroatoms. The molecule has 0 aliphatic heterocycles. The van der Waals surface area contributed by atoms with Crippen LogP contribution in [0.5, 0.6) is 0 Å². The Labute approximate surface area is 156 Å². The molecule has 0 saturated heterocycles. The Morgan fingerprint density at radius 1 is 1.04 bits per heavy atom. The van der Waals surface area contributed by atoms with Crippen molar-refractivity contribution < 1.29 is 9.18 Å². The van der Waals surface area contributed by atoms with E-state index in [0.717, 1.165) is 29.1 Å². The number of nitrogens with one attached hydrogen (secondary N) is 1. The van der Waals surface area contributed by atoms with Gasteiger partial charge in [-0.2, -0.15) is 0 Å². The minimum absolute atomic E-state index is 0.0997. The maximum absolute atomic E-state index is 12.9. The molecule has 2 aromatic heterocycles. The summed E-state index contributed by atoms with van der Waals surface area (Å²) in [6.45, 7) is 2.37. The van der Waals surface area contributed by atoms with E-state index in [1.54, 1.807) is 24.5 Å². The Morgan fingerprint density at radius 3 is 2.46 bits per heavy atom. The van der Waals surface area contributed by atoms with E-state index in [-0.39, 0.29) is 11.7 Å². The molecule has 4 nitrogen and oxygen atoms in total. The van der Waals surface area contributed by atoms with Gasteiger partial charge in [-0.25, -0.2) is 9.37 Å². The SMILES string of the molecule is Cc1nc(CCc2ccncc2)sc1C(=O)NCCc1ccc(F)cc1. The lowest BCUT2D eigenvalue weighted by molar-refractivity contribution is 0.0957. The van der Waals surface area contributed by atoms with Gasteiger partial charge >= 0.3 is 0 Å². The van der Waals surface area contributed by atoms with Crippen molar-refractivity contribution in [3.8, 4) is 0 Å². The molecule has 3 rings (SSSR count). The van der Waals surface area contributed by atoms with Crippen LogP contribution >= 0.6 is 11.3 Å². The summed E-state index contributed by atoms with van der Waals surface area (Å²) in [6, 6.07) is 10.3. The smallest absolute Gasteiger partial charge is 0.263 e. The number of benzene rings is 1. The van der Waals surface area contributed by atoms with Crippen LogP contribution in [0.2, 0.25) is 0 Å². The highest BCUT2D eigenvalue weighted by molar-refractivity contribution is 7.13. The lowest BCUT2D eigenvalue weighted by Gasteiger charge is -2.04. The van der Waals surface area contributed by atoms with E-state index in [4.69, 9.17) is 0 Å². The third-order valence-electron chi connectivity index (χ3n) is 4.04. The lowest BCUT2D eigenvalue weighted by atomic mass is 10.1. The zero-order chi connectivity index (χ0) is 18.4. The minimum Gasteiger partial charge on any atom is -0.351 e. The molecule has 0 spiro atoms. The Balaban J connectivity index is 1.52. The average Bonchev–Trinajstić information content (AvgIpc) is 3.03. The lowest BCUT2D eigenvalue weighted by Crippen LogP contribution is -2.25. The van der Waals surface area contributed by atoms with E-state index >= 15 is 0 Å². The molecule has 134 valence electrons. The highest BCUT2D eigenvalue weighted by Gasteiger charge is 2.15. The monoisotopic (exact) mass is 369 g/mol. The van der Waals surface area contributed by atoms with Crippen LogP contribution in [0, 0.1) is 12.7 Å². The first-order valence-electron chi connectivity index (χ1n) is 8.49. The Kier molecular flexibility index (Phi) is 6.07. The highest BCUT2D eigenvalue weighted by atomic mass is 32.1. The molecule has 2 heterocycles. The molecule has 1 N–H and O–H groups in total. The van der Waals surface area contributed by atoms with Crippen molar-refractivity contribution in [1.82, 2.24) is 15.3 Å². The van der Waals surface area contributed by atoms with Crippen LogP contribution in [0.3, 0.4) is 0 Å². The third kappa shape index (κ3) is 4.95. The number of aryl methyl sites for hydroxylation is 3. The van der Waals surface area contributed by atoms with Gasteiger partial charge in [0.15, 0.2) is 0 Å². The van der Waals surface area contributed by atoms with E-state index in [1.807, 2.05) is 19.1 Å². The summed E-state index contributed by atoms with van der Waals surface area (Å²) in [6.07, 6.45) is 5.91. The van der Waals surface area contributed by atoms with Gasteiger partial charge in [0.25, 0.3) is 5.91 Å². The zero-order valence-corrected chi connectivity index (χ0v) is 15.4. The normalized spacial score (nSPS) is 10.7. The first kappa shape index (κ1) is 18.2. The summed E-state index contributed by atoms with van der Waals surface area (Å²) in [5.41, 5.74) is 2.96. The van der Waals surface area contributed by atoms with Gasteiger partial charge in [-0.1, -0.05) is 12.1 Å². The Morgan fingerprint density at radius 2 is 1.73 bits per heavy atom. The van der Waals surface area contributed by atoms with Crippen molar-refractivity contribution in [2.75, 3.05) is 6.54 Å². The molecular weight excluding hydrogens is 349 g/mol. The minimum atomic E-state index is -0.252.